The zero-order chi connectivity index (χ0) is 20.2. The van der Waals surface area contributed by atoms with Crippen LogP contribution in [0.3, 0.4) is 0 Å². The fourth-order valence-corrected chi connectivity index (χ4v) is 3.82. The van der Waals surface area contributed by atoms with Gasteiger partial charge in [-0.3, -0.25) is 0 Å². The van der Waals surface area contributed by atoms with E-state index in [0.29, 0.717) is 0 Å². The SMILES string of the molecule is Cc1ccccc1CNc1ccnc(N2CCN(c3cccc(C)c3C)CC2)n1. The third-order valence-corrected chi connectivity index (χ3v) is 5.84. The van der Waals surface area contributed by atoms with Gasteiger partial charge in [0.15, 0.2) is 0 Å². The van der Waals surface area contributed by atoms with Crippen LogP contribution < -0.4 is 15.1 Å². The third-order valence-electron chi connectivity index (χ3n) is 5.84. The second-order valence-electron chi connectivity index (χ2n) is 7.72. The lowest BCUT2D eigenvalue weighted by molar-refractivity contribution is 0.639. The average Bonchev–Trinajstić information content (AvgIpc) is 2.75. The normalized spacial score (nSPS) is 14.2. The Morgan fingerprint density at radius 1 is 0.828 bits per heavy atom. The van der Waals surface area contributed by atoms with Gasteiger partial charge in [-0.15, -0.1) is 0 Å². The van der Waals surface area contributed by atoms with Crippen LogP contribution in [0.4, 0.5) is 17.5 Å². The summed E-state index contributed by atoms with van der Waals surface area (Å²) in [5.41, 5.74) is 6.64. The summed E-state index contributed by atoms with van der Waals surface area (Å²) in [6, 6.07) is 16.9. The Kier molecular flexibility index (Phi) is 5.65. The molecule has 2 aromatic carbocycles. The van der Waals surface area contributed by atoms with E-state index in [1.54, 1.807) is 0 Å². The Labute approximate surface area is 173 Å². The highest BCUT2D eigenvalue weighted by atomic mass is 15.3. The van der Waals surface area contributed by atoms with Gasteiger partial charge in [0.1, 0.15) is 5.82 Å². The third kappa shape index (κ3) is 4.34. The van der Waals surface area contributed by atoms with Crippen LogP contribution in [0.15, 0.2) is 54.7 Å². The Hall–Kier alpha value is -3.08. The maximum atomic E-state index is 4.76. The highest BCUT2D eigenvalue weighted by Crippen LogP contribution is 2.25. The molecule has 0 bridgehead atoms. The summed E-state index contributed by atoms with van der Waals surface area (Å²) in [4.78, 5) is 14.0. The van der Waals surface area contributed by atoms with Crippen molar-refractivity contribution in [2.45, 2.75) is 27.3 Å². The highest BCUT2D eigenvalue weighted by Gasteiger charge is 2.20. The molecule has 150 valence electrons. The van der Waals surface area contributed by atoms with Crippen LogP contribution in [-0.4, -0.2) is 36.1 Å². The first-order valence-electron chi connectivity index (χ1n) is 10.3. The Morgan fingerprint density at radius 2 is 1.55 bits per heavy atom. The molecule has 3 aromatic rings. The van der Waals surface area contributed by atoms with E-state index in [-0.39, 0.29) is 0 Å². The van der Waals surface area contributed by atoms with Crippen LogP contribution in [0.5, 0.6) is 0 Å². The van der Waals surface area contributed by atoms with Crippen molar-refractivity contribution in [1.29, 1.82) is 0 Å². The summed E-state index contributed by atoms with van der Waals surface area (Å²) in [5, 5.41) is 3.44. The van der Waals surface area contributed by atoms with Gasteiger partial charge in [0, 0.05) is 44.6 Å². The van der Waals surface area contributed by atoms with E-state index >= 15 is 0 Å². The van der Waals surface area contributed by atoms with Gasteiger partial charge in [0.25, 0.3) is 0 Å². The van der Waals surface area contributed by atoms with E-state index in [4.69, 9.17) is 4.98 Å². The lowest BCUT2D eigenvalue weighted by Crippen LogP contribution is -2.47. The lowest BCUT2D eigenvalue weighted by atomic mass is 10.1. The number of anilines is 3. The number of hydrogen-bond acceptors (Lipinski definition) is 5. The number of nitrogens with zero attached hydrogens (tertiary/aromatic N) is 4. The second kappa shape index (κ2) is 8.52. The van der Waals surface area contributed by atoms with E-state index < -0.39 is 0 Å². The van der Waals surface area contributed by atoms with E-state index in [1.165, 1.54) is 27.9 Å². The van der Waals surface area contributed by atoms with Crippen molar-refractivity contribution in [3.63, 3.8) is 0 Å². The van der Waals surface area contributed by atoms with Gasteiger partial charge in [-0.2, -0.15) is 4.98 Å². The molecule has 29 heavy (non-hydrogen) atoms. The van der Waals surface area contributed by atoms with Crippen LogP contribution in [0.25, 0.3) is 0 Å². The van der Waals surface area contributed by atoms with Crippen LogP contribution in [-0.2, 0) is 6.54 Å². The molecule has 2 heterocycles. The van der Waals surface area contributed by atoms with E-state index in [0.717, 1.165) is 44.5 Å². The second-order valence-corrected chi connectivity index (χ2v) is 7.72. The lowest BCUT2D eigenvalue weighted by Gasteiger charge is -2.37. The van der Waals surface area contributed by atoms with Crippen LogP contribution in [0, 0.1) is 20.8 Å². The summed E-state index contributed by atoms with van der Waals surface area (Å²) in [5.74, 6) is 1.68. The zero-order valence-electron chi connectivity index (χ0n) is 17.5. The molecule has 0 amide bonds. The van der Waals surface area contributed by atoms with Gasteiger partial charge in [-0.1, -0.05) is 36.4 Å². The van der Waals surface area contributed by atoms with Gasteiger partial charge in [-0.05, 0) is 55.2 Å². The molecule has 0 spiro atoms. The van der Waals surface area contributed by atoms with Crippen molar-refractivity contribution >= 4 is 17.5 Å². The first-order chi connectivity index (χ1) is 14.1. The van der Waals surface area contributed by atoms with E-state index in [2.05, 4.69) is 83.3 Å². The number of benzene rings is 2. The summed E-state index contributed by atoms with van der Waals surface area (Å²) in [7, 11) is 0. The molecule has 0 atom stereocenters. The number of nitrogens with one attached hydrogen (secondary N) is 1. The smallest absolute Gasteiger partial charge is 0.227 e. The van der Waals surface area contributed by atoms with Crippen molar-refractivity contribution < 1.29 is 0 Å². The van der Waals surface area contributed by atoms with Crippen LogP contribution >= 0.6 is 0 Å². The molecule has 0 saturated carbocycles. The molecule has 1 aliphatic rings. The van der Waals surface area contributed by atoms with Crippen LogP contribution in [0.2, 0.25) is 0 Å². The summed E-state index contributed by atoms with van der Waals surface area (Å²) >= 11 is 0. The van der Waals surface area contributed by atoms with Gasteiger partial charge >= 0.3 is 0 Å². The molecule has 1 fully saturated rings. The standard InChI is InChI=1S/C24H29N5/c1-18-8-6-10-22(20(18)3)28-13-15-29(16-14-28)24-25-12-11-23(27-24)26-17-21-9-5-4-7-19(21)2/h4-12H,13-17H2,1-3H3,(H,25,26,27). The average molecular weight is 388 g/mol. The maximum absolute atomic E-state index is 4.76. The number of hydrogen-bond donors (Lipinski definition) is 1. The summed E-state index contributed by atoms with van der Waals surface area (Å²) < 4.78 is 0. The first-order valence-corrected chi connectivity index (χ1v) is 10.3. The van der Waals surface area contributed by atoms with Crippen molar-refractivity contribution in [2.75, 3.05) is 41.3 Å². The maximum Gasteiger partial charge on any atom is 0.227 e. The molecule has 1 saturated heterocycles. The van der Waals surface area contributed by atoms with Crippen molar-refractivity contribution in [2.24, 2.45) is 0 Å². The molecule has 0 radical (unpaired) electrons. The van der Waals surface area contributed by atoms with Gasteiger partial charge in [-0.25, -0.2) is 4.98 Å². The minimum Gasteiger partial charge on any atom is -0.368 e. The number of piperazine rings is 1. The molecule has 4 rings (SSSR count). The molecule has 0 unspecified atom stereocenters. The largest absolute Gasteiger partial charge is 0.368 e. The monoisotopic (exact) mass is 387 g/mol. The zero-order valence-corrected chi connectivity index (χ0v) is 17.5. The molecule has 1 aliphatic heterocycles. The van der Waals surface area contributed by atoms with Crippen molar-refractivity contribution in [3.05, 3.63) is 77.0 Å². The Balaban J connectivity index is 1.39. The molecule has 5 heteroatoms. The van der Waals surface area contributed by atoms with Gasteiger partial charge in [0.2, 0.25) is 5.95 Å². The topological polar surface area (TPSA) is 44.3 Å². The Morgan fingerprint density at radius 3 is 2.34 bits per heavy atom. The fourth-order valence-electron chi connectivity index (χ4n) is 3.82. The molecule has 1 N–H and O–H groups in total. The summed E-state index contributed by atoms with van der Waals surface area (Å²) in [6.07, 6.45) is 1.85. The highest BCUT2D eigenvalue weighted by molar-refractivity contribution is 5.57. The predicted octanol–water partition coefficient (Wildman–Crippen LogP) is 4.34. The van der Waals surface area contributed by atoms with Crippen LogP contribution in [0.1, 0.15) is 22.3 Å². The van der Waals surface area contributed by atoms with Crippen molar-refractivity contribution in [1.82, 2.24) is 9.97 Å². The van der Waals surface area contributed by atoms with E-state index in [1.807, 2.05) is 12.3 Å². The Bertz CT molecular complexity index is 977. The molecular formula is C24H29N5. The fraction of sp³-hybridized carbons (Fsp3) is 0.333. The number of aryl methyl sites for hydroxylation is 2. The number of aromatic nitrogens is 2. The van der Waals surface area contributed by atoms with Crippen molar-refractivity contribution in [3.8, 4) is 0 Å². The molecule has 0 aliphatic carbocycles. The van der Waals surface area contributed by atoms with Gasteiger partial charge < -0.3 is 15.1 Å². The summed E-state index contributed by atoms with van der Waals surface area (Å²) in [6.45, 7) is 11.1. The number of rotatable bonds is 5. The first kappa shape index (κ1) is 19.2. The molecule has 1 aromatic heterocycles. The minimum absolute atomic E-state index is 0.767. The minimum atomic E-state index is 0.767. The quantitative estimate of drug-likeness (QED) is 0.705. The van der Waals surface area contributed by atoms with Gasteiger partial charge in [0.05, 0.1) is 0 Å². The van der Waals surface area contributed by atoms with E-state index in [9.17, 15) is 0 Å². The molecular weight excluding hydrogens is 358 g/mol. The predicted molar refractivity (Wildman–Crippen MR) is 121 cm³/mol. The molecule has 5 nitrogen and oxygen atoms in total.